The van der Waals surface area contributed by atoms with Crippen molar-refractivity contribution in [1.82, 2.24) is 4.31 Å². The van der Waals surface area contributed by atoms with Gasteiger partial charge < -0.3 is 32.2 Å². The van der Waals surface area contributed by atoms with Gasteiger partial charge in [-0.2, -0.15) is 0 Å². The molecule has 0 saturated carbocycles. The van der Waals surface area contributed by atoms with Crippen LogP contribution < -0.4 is 0 Å². The van der Waals surface area contributed by atoms with Gasteiger partial charge in [0.15, 0.2) is 0 Å². The number of sulfonamides is 1. The Bertz CT molecular complexity index is 1010. The first-order valence-electron chi connectivity index (χ1n) is 13.6. The fourth-order valence-corrected chi connectivity index (χ4v) is 4.19. The van der Waals surface area contributed by atoms with Crippen LogP contribution in [0, 0.1) is 19.2 Å². The Labute approximate surface area is 254 Å². The van der Waals surface area contributed by atoms with E-state index in [1.165, 1.54) is 4.31 Å². The van der Waals surface area contributed by atoms with Gasteiger partial charge in [0, 0.05) is 18.8 Å². The maximum absolute atomic E-state index is 13.3. The molecular formula is C32H49NO4STi. The molecule has 0 aromatic heterocycles. The number of benzene rings is 2. The quantitative estimate of drug-likeness (QED) is 0.0888. The van der Waals surface area contributed by atoms with Crippen molar-refractivity contribution in [1.29, 1.82) is 0 Å². The third-order valence-electron chi connectivity index (χ3n) is 4.84. The average molecular weight is 592 g/mol. The zero-order valence-electron chi connectivity index (χ0n) is 24.9. The van der Waals surface area contributed by atoms with Crippen LogP contribution in [-0.2, 0) is 38.3 Å². The first-order valence-corrected chi connectivity index (χ1v) is 15.1. The summed E-state index contributed by atoms with van der Waals surface area (Å²) in [7, 11) is -3.71. The van der Waals surface area contributed by atoms with Crippen molar-refractivity contribution in [2.75, 3.05) is 0 Å². The molecule has 0 amide bonds. The second-order valence-electron chi connectivity index (χ2n) is 9.68. The van der Waals surface area contributed by atoms with Crippen LogP contribution in [0.25, 0.3) is 0 Å². The van der Waals surface area contributed by atoms with Gasteiger partial charge in [-0.15, -0.1) is 12.8 Å². The summed E-state index contributed by atoms with van der Waals surface area (Å²) >= 11 is 0. The fraction of sp³-hybridized carbons (Fsp3) is 0.500. The van der Waals surface area contributed by atoms with E-state index in [1.54, 1.807) is 45.9 Å². The molecule has 0 aliphatic carbocycles. The SMILES string of the molecule is CC(C)O.CC(C)O.CCCC[C-]=C(C=[C-]N(Cc1ccccc1)S(=O)(=O)c1ccc(C)cc1)CCCC.[Ti+2]. The van der Waals surface area contributed by atoms with Crippen molar-refractivity contribution in [2.45, 2.75) is 111 Å². The van der Waals surface area contributed by atoms with E-state index in [0.717, 1.165) is 55.2 Å². The summed E-state index contributed by atoms with van der Waals surface area (Å²) in [6.07, 6.45) is 14.1. The first-order chi connectivity index (χ1) is 17.9. The normalized spacial score (nSPS) is 11.4. The van der Waals surface area contributed by atoms with E-state index < -0.39 is 10.0 Å². The Hall–Kier alpha value is -1.70. The van der Waals surface area contributed by atoms with Crippen LogP contribution in [0.4, 0.5) is 0 Å². The van der Waals surface area contributed by atoms with Crippen molar-refractivity contribution in [3.05, 3.63) is 89.6 Å². The van der Waals surface area contributed by atoms with Gasteiger partial charge in [0.25, 0.3) is 0 Å². The van der Waals surface area contributed by atoms with Gasteiger partial charge in [0.1, 0.15) is 0 Å². The second-order valence-corrected chi connectivity index (χ2v) is 11.5. The Balaban J connectivity index is 0. The third kappa shape index (κ3) is 19.9. The Kier molecular flexibility index (Phi) is 23.3. The predicted molar refractivity (Wildman–Crippen MR) is 159 cm³/mol. The standard InChI is InChI=1S/C26H33NO2S.2C3H8O.Ti/c1-4-6-9-13-24(12-7-5-2)20-21-27(22-25-14-10-8-11-15-25)30(28,29)26-18-16-23(3)17-19-26;2*1-3(2)4;/h8,10-11,14-20H,4-7,9,12,22H2,1-3H3;2*3-4H,1-2H3;/q-2;;;+2. The maximum atomic E-state index is 13.3. The van der Waals surface area contributed by atoms with Crippen LogP contribution in [0.15, 0.2) is 71.1 Å². The molecule has 0 radical (unpaired) electrons. The van der Waals surface area contributed by atoms with E-state index in [1.807, 2.05) is 49.4 Å². The summed E-state index contributed by atoms with van der Waals surface area (Å²) in [5, 5.41) is 16.1. The molecule has 216 valence electrons. The minimum Gasteiger partial charge on any atom is -0.394 e. The van der Waals surface area contributed by atoms with Crippen LogP contribution in [0.2, 0.25) is 0 Å². The Morgan fingerprint density at radius 2 is 1.41 bits per heavy atom. The molecule has 0 aliphatic heterocycles. The molecule has 0 unspecified atom stereocenters. The summed E-state index contributed by atoms with van der Waals surface area (Å²) in [5.74, 6) is 0. The zero-order chi connectivity index (χ0) is 29.0. The number of allylic oxidation sites excluding steroid dienone is 3. The van der Waals surface area contributed by atoms with E-state index >= 15 is 0 Å². The summed E-state index contributed by atoms with van der Waals surface area (Å²) in [5.41, 5.74) is 2.98. The van der Waals surface area contributed by atoms with E-state index in [9.17, 15) is 8.42 Å². The van der Waals surface area contributed by atoms with Gasteiger partial charge >= 0.3 is 21.7 Å². The van der Waals surface area contributed by atoms with E-state index in [4.69, 9.17) is 10.2 Å². The molecule has 39 heavy (non-hydrogen) atoms. The van der Waals surface area contributed by atoms with Gasteiger partial charge in [0.05, 0.1) is 4.90 Å². The Morgan fingerprint density at radius 3 is 1.90 bits per heavy atom. The monoisotopic (exact) mass is 591 g/mol. The topological polar surface area (TPSA) is 77.8 Å². The number of nitrogens with zero attached hydrogens (tertiary/aromatic N) is 1. The van der Waals surface area contributed by atoms with Crippen molar-refractivity contribution in [3.8, 4) is 0 Å². The number of aliphatic hydroxyl groups is 2. The maximum Gasteiger partial charge on any atom is 2.00 e. The molecule has 0 bridgehead atoms. The predicted octanol–water partition coefficient (Wildman–Crippen LogP) is 7.38. The number of aryl methyl sites for hydroxylation is 1. The first kappa shape index (κ1) is 39.4. The van der Waals surface area contributed by atoms with Gasteiger partial charge in [-0.25, -0.2) is 8.42 Å². The van der Waals surface area contributed by atoms with Gasteiger partial charge in [-0.1, -0.05) is 87.6 Å². The zero-order valence-corrected chi connectivity index (χ0v) is 27.3. The average Bonchev–Trinajstić information content (AvgIpc) is 2.84. The van der Waals surface area contributed by atoms with Crippen LogP contribution in [-0.4, -0.2) is 35.1 Å². The van der Waals surface area contributed by atoms with Crippen LogP contribution >= 0.6 is 0 Å². The summed E-state index contributed by atoms with van der Waals surface area (Å²) < 4.78 is 28.0. The smallest absolute Gasteiger partial charge is 0.394 e. The summed E-state index contributed by atoms with van der Waals surface area (Å²) in [4.78, 5) is 0.277. The second kappa shape index (κ2) is 23.1. The molecule has 5 nitrogen and oxygen atoms in total. The van der Waals surface area contributed by atoms with Crippen LogP contribution in [0.5, 0.6) is 0 Å². The molecule has 0 fully saturated rings. The van der Waals surface area contributed by atoms with E-state index in [-0.39, 0.29) is 45.4 Å². The van der Waals surface area contributed by atoms with Gasteiger partial charge in [-0.3, -0.25) is 6.20 Å². The molecular weight excluding hydrogens is 542 g/mol. The molecule has 2 aromatic carbocycles. The third-order valence-corrected chi connectivity index (χ3v) is 6.53. The largest absolute Gasteiger partial charge is 2.00 e. The molecule has 0 atom stereocenters. The number of rotatable bonds is 12. The molecule has 0 saturated heterocycles. The molecule has 2 rings (SSSR count). The van der Waals surface area contributed by atoms with Gasteiger partial charge in [0.2, 0.25) is 10.0 Å². The molecule has 2 aromatic rings. The molecule has 0 heterocycles. The minimum atomic E-state index is -3.71. The van der Waals surface area contributed by atoms with E-state index in [0.29, 0.717) is 0 Å². The summed E-state index contributed by atoms with van der Waals surface area (Å²) in [6.45, 7) is 13.4. The van der Waals surface area contributed by atoms with Crippen LogP contribution in [0.1, 0.15) is 91.2 Å². The van der Waals surface area contributed by atoms with Crippen molar-refractivity contribution >= 4 is 10.0 Å². The molecule has 7 heteroatoms. The van der Waals surface area contributed by atoms with Gasteiger partial charge in [-0.05, 0) is 52.3 Å². The van der Waals surface area contributed by atoms with E-state index in [2.05, 4.69) is 26.1 Å². The Morgan fingerprint density at radius 1 is 0.897 bits per heavy atom. The summed E-state index contributed by atoms with van der Waals surface area (Å²) in [6, 6.07) is 16.6. The fourth-order valence-electron chi connectivity index (χ4n) is 2.94. The molecule has 0 spiro atoms. The number of hydrogen-bond donors (Lipinski definition) is 2. The molecule has 0 aliphatic rings. The minimum absolute atomic E-state index is 0. The van der Waals surface area contributed by atoms with Crippen LogP contribution in [0.3, 0.4) is 0 Å². The molecule has 2 N–H and O–H groups in total. The van der Waals surface area contributed by atoms with Crippen molar-refractivity contribution < 1.29 is 40.3 Å². The van der Waals surface area contributed by atoms with Crippen molar-refractivity contribution in [2.24, 2.45) is 0 Å². The number of hydrogen-bond acceptors (Lipinski definition) is 4. The number of aliphatic hydroxyl groups excluding tert-OH is 2. The number of unbranched alkanes of at least 4 members (excludes halogenated alkanes) is 3. The van der Waals surface area contributed by atoms with Crippen molar-refractivity contribution in [3.63, 3.8) is 0 Å².